The molecular formula is C12H26N2. The van der Waals surface area contributed by atoms with Crippen LogP contribution < -0.4 is 5.32 Å². The second kappa shape index (κ2) is 5.72. The molecular weight excluding hydrogens is 172 g/mol. The van der Waals surface area contributed by atoms with E-state index in [0.717, 1.165) is 11.8 Å². The van der Waals surface area contributed by atoms with Gasteiger partial charge in [-0.2, -0.15) is 0 Å². The van der Waals surface area contributed by atoms with E-state index in [1.54, 1.807) is 0 Å². The molecule has 1 N–H and O–H groups in total. The Balaban J connectivity index is 2.18. The fraction of sp³-hybridized carbons (Fsp3) is 1.00. The summed E-state index contributed by atoms with van der Waals surface area (Å²) in [5, 5.41) is 3.70. The Morgan fingerprint density at radius 3 is 2.57 bits per heavy atom. The molecule has 0 aromatic heterocycles. The molecule has 2 unspecified atom stereocenters. The molecule has 0 radical (unpaired) electrons. The summed E-state index contributed by atoms with van der Waals surface area (Å²) in [5.74, 6) is 1.65. The Morgan fingerprint density at radius 1 is 1.43 bits per heavy atom. The fourth-order valence-corrected chi connectivity index (χ4v) is 2.36. The predicted molar refractivity (Wildman–Crippen MR) is 62.5 cm³/mol. The van der Waals surface area contributed by atoms with Gasteiger partial charge in [-0.15, -0.1) is 0 Å². The standard InChI is InChI=1S/C12H26N2/c1-5-12(10(2)3)13-8-11-6-7-14(4)9-11/h10-13H,5-9H2,1-4H3. The van der Waals surface area contributed by atoms with Crippen LogP contribution in [0.15, 0.2) is 0 Å². The molecule has 2 atom stereocenters. The van der Waals surface area contributed by atoms with Crippen molar-refractivity contribution in [1.82, 2.24) is 10.2 Å². The lowest BCUT2D eigenvalue weighted by molar-refractivity contribution is 0.343. The molecule has 0 aliphatic carbocycles. The fourth-order valence-electron chi connectivity index (χ4n) is 2.36. The van der Waals surface area contributed by atoms with Crippen LogP contribution in [0.5, 0.6) is 0 Å². The first-order valence-corrected chi connectivity index (χ1v) is 6.05. The Bertz CT molecular complexity index is 156. The van der Waals surface area contributed by atoms with Crippen LogP contribution in [0.4, 0.5) is 0 Å². The zero-order chi connectivity index (χ0) is 10.6. The van der Waals surface area contributed by atoms with Gasteiger partial charge in [-0.25, -0.2) is 0 Å². The SMILES string of the molecule is CCC(NCC1CCN(C)C1)C(C)C. The molecule has 1 aliphatic heterocycles. The zero-order valence-electron chi connectivity index (χ0n) is 10.2. The van der Waals surface area contributed by atoms with E-state index >= 15 is 0 Å². The molecule has 0 bridgehead atoms. The molecule has 1 fully saturated rings. The Morgan fingerprint density at radius 2 is 2.14 bits per heavy atom. The average Bonchev–Trinajstić information content (AvgIpc) is 2.52. The Kier molecular flexibility index (Phi) is 4.90. The first-order valence-electron chi connectivity index (χ1n) is 6.05. The van der Waals surface area contributed by atoms with Gasteiger partial charge in [-0.3, -0.25) is 0 Å². The molecule has 0 spiro atoms. The van der Waals surface area contributed by atoms with Crippen molar-refractivity contribution in [3.8, 4) is 0 Å². The highest BCUT2D eigenvalue weighted by atomic mass is 15.1. The topological polar surface area (TPSA) is 15.3 Å². The number of hydrogen-bond donors (Lipinski definition) is 1. The average molecular weight is 198 g/mol. The summed E-state index contributed by atoms with van der Waals surface area (Å²) in [6.07, 6.45) is 2.62. The molecule has 1 heterocycles. The van der Waals surface area contributed by atoms with E-state index in [1.807, 2.05) is 0 Å². The van der Waals surface area contributed by atoms with E-state index in [4.69, 9.17) is 0 Å². The molecule has 14 heavy (non-hydrogen) atoms. The Labute approximate surface area is 89.1 Å². The molecule has 2 nitrogen and oxygen atoms in total. The van der Waals surface area contributed by atoms with Crippen molar-refractivity contribution in [1.29, 1.82) is 0 Å². The summed E-state index contributed by atoms with van der Waals surface area (Å²) in [4.78, 5) is 2.43. The lowest BCUT2D eigenvalue weighted by Crippen LogP contribution is -2.37. The molecule has 2 heteroatoms. The minimum Gasteiger partial charge on any atom is -0.313 e. The highest BCUT2D eigenvalue weighted by Gasteiger charge is 2.20. The third-order valence-electron chi connectivity index (χ3n) is 3.40. The van der Waals surface area contributed by atoms with Gasteiger partial charge in [0.1, 0.15) is 0 Å². The molecule has 1 aliphatic rings. The van der Waals surface area contributed by atoms with Crippen molar-refractivity contribution < 1.29 is 0 Å². The molecule has 1 rings (SSSR count). The molecule has 0 aromatic carbocycles. The summed E-state index contributed by atoms with van der Waals surface area (Å²) in [6.45, 7) is 10.7. The maximum Gasteiger partial charge on any atom is 0.00875 e. The van der Waals surface area contributed by atoms with E-state index in [2.05, 4.69) is 38.0 Å². The van der Waals surface area contributed by atoms with Crippen molar-refractivity contribution in [2.45, 2.75) is 39.7 Å². The van der Waals surface area contributed by atoms with E-state index < -0.39 is 0 Å². The Hall–Kier alpha value is -0.0800. The second-order valence-electron chi connectivity index (χ2n) is 5.08. The highest BCUT2D eigenvalue weighted by molar-refractivity contribution is 4.77. The molecule has 84 valence electrons. The quantitative estimate of drug-likeness (QED) is 0.726. The van der Waals surface area contributed by atoms with Crippen LogP contribution in [0.3, 0.4) is 0 Å². The highest BCUT2D eigenvalue weighted by Crippen LogP contribution is 2.14. The van der Waals surface area contributed by atoms with Gasteiger partial charge < -0.3 is 10.2 Å². The van der Waals surface area contributed by atoms with Crippen LogP contribution in [0, 0.1) is 11.8 Å². The van der Waals surface area contributed by atoms with Crippen LogP contribution in [-0.4, -0.2) is 37.6 Å². The van der Waals surface area contributed by atoms with Crippen LogP contribution in [0.25, 0.3) is 0 Å². The van der Waals surface area contributed by atoms with Crippen molar-refractivity contribution in [2.75, 3.05) is 26.7 Å². The summed E-state index contributed by atoms with van der Waals surface area (Å²) < 4.78 is 0. The smallest absolute Gasteiger partial charge is 0.00875 e. The van der Waals surface area contributed by atoms with Gasteiger partial charge in [0.2, 0.25) is 0 Å². The van der Waals surface area contributed by atoms with Gasteiger partial charge in [-0.05, 0) is 44.8 Å². The van der Waals surface area contributed by atoms with Gasteiger partial charge in [-0.1, -0.05) is 20.8 Å². The third kappa shape index (κ3) is 3.58. The van der Waals surface area contributed by atoms with E-state index in [0.29, 0.717) is 6.04 Å². The van der Waals surface area contributed by atoms with Gasteiger partial charge in [0.05, 0.1) is 0 Å². The van der Waals surface area contributed by atoms with E-state index in [9.17, 15) is 0 Å². The number of hydrogen-bond acceptors (Lipinski definition) is 2. The predicted octanol–water partition coefficient (Wildman–Crippen LogP) is 1.96. The van der Waals surface area contributed by atoms with Crippen LogP contribution in [0.2, 0.25) is 0 Å². The van der Waals surface area contributed by atoms with Crippen LogP contribution >= 0.6 is 0 Å². The summed E-state index contributed by atoms with van der Waals surface area (Å²) in [5.41, 5.74) is 0. The molecule has 0 saturated carbocycles. The number of nitrogens with one attached hydrogen (secondary N) is 1. The van der Waals surface area contributed by atoms with E-state index in [-0.39, 0.29) is 0 Å². The number of rotatable bonds is 5. The maximum absolute atomic E-state index is 3.70. The van der Waals surface area contributed by atoms with Gasteiger partial charge >= 0.3 is 0 Å². The van der Waals surface area contributed by atoms with E-state index in [1.165, 1.54) is 32.5 Å². The van der Waals surface area contributed by atoms with Crippen molar-refractivity contribution in [3.05, 3.63) is 0 Å². The van der Waals surface area contributed by atoms with Crippen molar-refractivity contribution in [2.24, 2.45) is 11.8 Å². The molecule has 0 amide bonds. The van der Waals surface area contributed by atoms with Gasteiger partial charge in [0, 0.05) is 12.6 Å². The normalized spacial score (nSPS) is 25.9. The first-order chi connectivity index (χ1) is 6.63. The van der Waals surface area contributed by atoms with Crippen LogP contribution in [0.1, 0.15) is 33.6 Å². The minimum absolute atomic E-state index is 0.709. The molecule has 1 saturated heterocycles. The number of nitrogens with zero attached hydrogens (tertiary/aromatic N) is 1. The summed E-state index contributed by atoms with van der Waals surface area (Å²) in [6, 6.07) is 0.709. The summed E-state index contributed by atoms with van der Waals surface area (Å²) in [7, 11) is 2.22. The summed E-state index contributed by atoms with van der Waals surface area (Å²) >= 11 is 0. The molecule has 0 aromatic rings. The largest absolute Gasteiger partial charge is 0.313 e. The third-order valence-corrected chi connectivity index (χ3v) is 3.40. The van der Waals surface area contributed by atoms with Crippen LogP contribution in [-0.2, 0) is 0 Å². The van der Waals surface area contributed by atoms with Gasteiger partial charge in [0.25, 0.3) is 0 Å². The second-order valence-corrected chi connectivity index (χ2v) is 5.08. The van der Waals surface area contributed by atoms with Crippen molar-refractivity contribution >= 4 is 0 Å². The minimum atomic E-state index is 0.709. The van der Waals surface area contributed by atoms with Crippen molar-refractivity contribution in [3.63, 3.8) is 0 Å². The lowest BCUT2D eigenvalue weighted by atomic mass is 10.0. The maximum atomic E-state index is 3.70. The van der Waals surface area contributed by atoms with Gasteiger partial charge in [0.15, 0.2) is 0 Å². The monoisotopic (exact) mass is 198 g/mol. The lowest BCUT2D eigenvalue weighted by Gasteiger charge is -2.22. The number of likely N-dealkylation sites (tertiary alicyclic amines) is 1. The zero-order valence-corrected chi connectivity index (χ0v) is 10.2. The first kappa shape index (κ1) is 12.0.